The van der Waals surface area contributed by atoms with Crippen molar-refractivity contribution in [3.8, 4) is 34.3 Å². The number of aromatic nitrogens is 1. The van der Waals surface area contributed by atoms with Gasteiger partial charge in [0.25, 0.3) is 0 Å². The Hall–Kier alpha value is -6.51. The molecule has 0 radical (unpaired) electrons. The van der Waals surface area contributed by atoms with Crippen molar-refractivity contribution in [1.29, 1.82) is 0 Å². The van der Waals surface area contributed by atoms with E-state index in [2.05, 4.69) is 15.6 Å². The van der Waals surface area contributed by atoms with Gasteiger partial charge in [-0.1, -0.05) is 24.3 Å². The van der Waals surface area contributed by atoms with Crippen LogP contribution in [0.25, 0.3) is 22.8 Å². The SMILES string of the molecule is COc1cccc(CC(=O)N2C[C@H](OC(C)(C)C)C[C@H]2C(=O)Nc2ccc(-c3cnc(-c4ccc(NC(=O)[C@@H]5C[C@@H](OC(C)(C)C)CN5C(=O)Cc5cccc(OC)c5)cc4)o3)cc2)c1. The molecule has 3 heterocycles. The molecular weight excluding hydrogens is 827 g/mol. The minimum atomic E-state index is -0.716. The first-order valence-corrected chi connectivity index (χ1v) is 21.9. The first-order valence-electron chi connectivity index (χ1n) is 21.9. The number of anilines is 2. The molecule has 2 fully saturated rings. The number of carbonyl (C=O) groups excluding carboxylic acids is 4. The molecule has 0 bridgehead atoms. The quantitative estimate of drug-likeness (QED) is 0.112. The van der Waals surface area contributed by atoms with Crippen LogP contribution in [-0.2, 0) is 41.5 Å². The van der Waals surface area contributed by atoms with Gasteiger partial charge in [-0.15, -0.1) is 0 Å². The smallest absolute Gasteiger partial charge is 0.247 e. The van der Waals surface area contributed by atoms with Gasteiger partial charge in [-0.05, 0) is 125 Å². The number of benzene rings is 4. The van der Waals surface area contributed by atoms with E-state index < -0.39 is 23.3 Å². The molecular formula is C51H59N5O9. The van der Waals surface area contributed by atoms with Crippen molar-refractivity contribution in [3.05, 3.63) is 114 Å². The maximum atomic E-state index is 13.8. The molecule has 4 amide bonds. The van der Waals surface area contributed by atoms with Gasteiger partial charge in [0.15, 0.2) is 5.76 Å². The molecule has 65 heavy (non-hydrogen) atoms. The van der Waals surface area contributed by atoms with Crippen LogP contribution in [0, 0.1) is 0 Å². The summed E-state index contributed by atoms with van der Waals surface area (Å²) in [5.41, 5.74) is 3.28. The molecule has 7 rings (SSSR count). The number of hydrogen-bond donors (Lipinski definition) is 2. The molecule has 14 heteroatoms. The van der Waals surface area contributed by atoms with Crippen molar-refractivity contribution >= 4 is 35.0 Å². The van der Waals surface area contributed by atoms with Crippen molar-refractivity contribution in [3.63, 3.8) is 0 Å². The number of hydrogen-bond acceptors (Lipinski definition) is 10. The van der Waals surface area contributed by atoms with Crippen LogP contribution < -0.4 is 20.1 Å². The largest absolute Gasteiger partial charge is 0.497 e. The molecule has 4 aromatic carbocycles. The fourth-order valence-corrected chi connectivity index (χ4v) is 8.34. The average molecular weight is 886 g/mol. The lowest BCUT2D eigenvalue weighted by atomic mass is 10.1. The lowest BCUT2D eigenvalue weighted by molar-refractivity contribution is -0.136. The lowest BCUT2D eigenvalue weighted by Crippen LogP contribution is -2.44. The highest BCUT2D eigenvalue weighted by molar-refractivity contribution is 5.99. The maximum absolute atomic E-state index is 13.8. The first kappa shape index (κ1) is 46.5. The topological polar surface area (TPSA) is 162 Å². The number of nitrogens with zero attached hydrogens (tertiary/aromatic N) is 3. The number of rotatable bonds is 14. The molecule has 2 saturated heterocycles. The minimum absolute atomic E-state index is 0.126. The standard InChI is InChI=1S/C51H59N5O9/c1-50(2,3)64-40-27-42(55(30-40)45(57)25-32-11-9-13-38(23-32)61-7)47(59)53-36-19-15-34(16-20-36)44-29-52-49(63-44)35-17-21-37(22-18-35)54-48(60)43-28-41(65-51(4,5)6)31-56(43)46(58)26-33-12-10-14-39(24-33)62-8/h9-24,29,40-43H,25-28,30-31H2,1-8H3,(H,53,59)(H,54,60)/t40-,41-,42+,43+/m1/s1. The summed E-state index contributed by atoms with van der Waals surface area (Å²) in [4.78, 5) is 62.6. The fraction of sp³-hybridized carbons (Fsp3) is 0.392. The number of methoxy groups -OCH3 is 2. The van der Waals surface area contributed by atoms with Gasteiger partial charge in [0.2, 0.25) is 29.5 Å². The van der Waals surface area contributed by atoms with Gasteiger partial charge < -0.3 is 43.8 Å². The van der Waals surface area contributed by atoms with Crippen molar-refractivity contribution in [2.75, 3.05) is 37.9 Å². The van der Waals surface area contributed by atoms with Crippen molar-refractivity contribution in [2.45, 2.75) is 103 Å². The van der Waals surface area contributed by atoms with Crippen LogP contribution in [0.3, 0.4) is 0 Å². The van der Waals surface area contributed by atoms with Crippen LogP contribution in [0.1, 0.15) is 65.5 Å². The zero-order chi connectivity index (χ0) is 46.5. The Bertz CT molecular complexity index is 2300. The highest BCUT2D eigenvalue weighted by Crippen LogP contribution is 2.31. The molecule has 2 N–H and O–H groups in total. The van der Waals surface area contributed by atoms with Gasteiger partial charge in [-0.25, -0.2) is 4.98 Å². The van der Waals surface area contributed by atoms with Crippen LogP contribution in [0.5, 0.6) is 11.5 Å². The van der Waals surface area contributed by atoms with Gasteiger partial charge in [-0.3, -0.25) is 19.2 Å². The summed E-state index contributed by atoms with van der Waals surface area (Å²) in [6, 6.07) is 27.6. The molecule has 0 saturated carbocycles. The first-order chi connectivity index (χ1) is 30.9. The molecule has 4 atom stereocenters. The Morgan fingerprint density at radius 2 is 1.06 bits per heavy atom. The maximum Gasteiger partial charge on any atom is 0.247 e. The molecule has 342 valence electrons. The average Bonchev–Trinajstić information content (AvgIpc) is 4.03. The molecule has 2 aliphatic heterocycles. The van der Waals surface area contributed by atoms with E-state index in [-0.39, 0.29) is 48.7 Å². The Morgan fingerprint density at radius 1 is 0.631 bits per heavy atom. The van der Waals surface area contributed by atoms with Gasteiger partial charge in [-0.2, -0.15) is 0 Å². The van der Waals surface area contributed by atoms with E-state index in [1.165, 1.54) is 0 Å². The van der Waals surface area contributed by atoms with Crippen molar-refractivity contribution in [1.82, 2.24) is 14.8 Å². The van der Waals surface area contributed by atoms with E-state index in [9.17, 15) is 19.2 Å². The van der Waals surface area contributed by atoms with Gasteiger partial charge in [0.05, 0.1) is 56.7 Å². The highest BCUT2D eigenvalue weighted by Gasteiger charge is 2.43. The third-order valence-electron chi connectivity index (χ3n) is 11.1. The number of likely N-dealkylation sites (tertiary alicyclic amines) is 2. The normalized spacial score (nSPS) is 18.6. The Balaban J connectivity index is 0.973. The summed E-state index contributed by atoms with van der Waals surface area (Å²) in [7, 11) is 3.16. The fourth-order valence-electron chi connectivity index (χ4n) is 8.34. The highest BCUT2D eigenvalue weighted by atomic mass is 16.5. The van der Waals surface area contributed by atoms with Crippen LogP contribution in [-0.4, -0.2) is 101 Å². The predicted molar refractivity (Wildman–Crippen MR) is 248 cm³/mol. The number of oxazole rings is 1. The van der Waals surface area contributed by atoms with Crippen LogP contribution in [0.4, 0.5) is 11.4 Å². The molecule has 1 aromatic heterocycles. The third kappa shape index (κ3) is 12.2. The second-order valence-corrected chi connectivity index (χ2v) is 18.5. The van der Waals surface area contributed by atoms with Gasteiger partial charge in [0.1, 0.15) is 23.6 Å². The lowest BCUT2D eigenvalue weighted by Gasteiger charge is -2.25. The van der Waals surface area contributed by atoms with E-state index in [1.54, 1.807) is 66.6 Å². The molecule has 0 spiro atoms. The summed E-state index contributed by atoms with van der Waals surface area (Å²) in [6.07, 6.45) is 2.04. The number of ether oxygens (including phenoxy) is 4. The van der Waals surface area contributed by atoms with E-state index in [1.807, 2.05) is 102 Å². The van der Waals surface area contributed by atoms with Crippen LogP contribution in [0.15, 0.2) is 108 Å². The van der Waals surface area contributed by atoms with Crippen LogP contribution >= 0.6 is 0 Å². The molecule has 14 nitrogen and oxygen atoms in total. The summed E-state index contributed by atoms with van der Waals surface area (Å²) >= 11 is 0. The zero-order valence-corrected chi connectivity index (χ0v) is 38.4. The number of amides is 4. The van der Waals surface area contributed by atoms with Crippen molar-refractivity contribution < 1.29 is 42.5 Å². The number of carbonyl (C=O) groups is 4. The Labute approximate surface area is 380 Å². The molecule has 5 aromatic rings. The summed E-state index contributed by atoms with van der Waals surface area (Å²) < 4.78 is 29.3. The summed E-state index contributed by atoms with van der Waals surface area (Å²) in [5.74, 6) is 1.30. The summed E-state index contributed by atoms with van der Waals surface area (Å²) in [6.45, 7) is 12.4. The second kappa shape index (κ2) is 19.7. The van der Waals surface area contributed by atoms with Gasteiger partial charge >= 0.3 is 0 Å². The van der Waals surface area contributed by atoms with E-state index in [4.69, 9.17) is 23.4 Å². The minimum Gasteiger partial charge on any atom is -0.497 e. The monoisotopic (exact) mass is 885 g/mol. The Morgan fingerprint density at radius 3 is 1.48 bits per heavy atom. The van der Waals surface area contributed by atoms with E-state index in [0.29, 0.717) is 66.0 Å². The Kier molecular flexibility index (Phi) is 14.1. The van der Waals surface area contributed by atoms with Gasteiger partial charge in [0, 0.05) is 48.4 Å². The van der Waals surface area contributed by atoms with E-state index >= 15 is 0 Å². The van der Waals surface area contributed by atoms with Crippen LogP contribution in [0.2, 0.25) is 0 Å². The second-order valence-electron chi connectivity index (χ2n) is 18.5. The third-order valence-corrected chi connectivity index (χ3v) is 11.1. The number of nitrogens with one attached hydrogen (secondary N) is 2. The van der Waals surface area contributed by atoms with Crippen molar-refractivity contribution in [2.24, 2.45) is 0 Å². The molecule has 2 aliphatic rings. The molecule has 0 unspecified atom stereocenters. The molecule has 0 aliphatic carbocycles. The van der Waals surface area contributed by atoms with E-state index in [0.717, 1.165) is 16.7 Å². The zero-order valence-electron chi connectivity index (χ0n) is 38.4. The summed E-state index contributed by atoms with van der Waals surface area (Å²) in [5, 5.41) is 5.99. The predicted octanol–water partition coefficient (Wildman–Crippen LogP) is 7.96.